The second-order valence-electron chi connectivity index (χ2n) is 5.99. The lowest BCUT2D eigenvalue weighted by atomic mass is 10.0. The highest BCUT2D eigenvalue weighted by Crippen LogP contribution is 2.36. The summed E-state index contributed by atoms with van der Waals surface area (Å²) in [6, 6.07) is 8.38. The van der Waals surface area contributed by atoms with Crippen LogP contribution in [-0.2, 0) is 9.59 Å². The Morgan fingerprint density at radius 3 is 2.56 bits per heavy atom. The van der Waals surface area contributed by atoms with Gasteiger partial charge in [-0.3, -0.25) is 19.7 Å². The maximum absolute atomic E-state index is 11.7. The summed E-state index contributed by atoms with van der Waals surface area (Å²) in [6.07, 6.45) is 0.0661. The van der Waals surface area contributed by atoms with Crippen molar-refractivity contribution in [3.63, 3.8) is 0 Å². The molecular weight excluding hydrogens is 356 g/mol. The van der Waals surface area contributed by atoms with Crippen molar-refractivity contribution >= 4 is 39.6 Å². The largest absolute Gasteiger partial charge is 0.481 e. The molecule has 0 aliphatic carbocycles. The molecule has 9 nitrogen and oxygen atoms in total. The summed E-state index contributed by atoms with van der Waals surface area (Å²) in [7, 11) is 0. The average molecular weight is 372 g/mol. The highest BCUT2D eigenvalue weighted by molar-refractivity contribution is 6.06. The Hall–Kier alpha value is -3.46. The lowest BCUT2D eigenvalue weighted by molar-refractivity contribution is -0.385. The SMILES string of the molecule is O=C(O)CCCNC(C(=O)O)c1cc2c(cc1[N+](=O)[O-])oc1ccccc12. The van der Waals surface area contributed by atoms with E-state index in [4.69, 9.17) is 9.52 Å². The van der Waals surface area contributed by atoms with E-state index in [-0.39, 0.29) is 30.6 Å². The number of carboxylic acid groups (broad SMARTS) is 2. The number of carboxylic acids is 2. The smallest absolute Gasteiger partial charge is 0.325 e. The monoisotopic (exact) mass is 372 g/mol. The normalized spacial score (nSPS) is 12.3. The number of aliphatic carboxylic acids is 2. The molecule has 0 spiro atoms. The van der Waals surface area contributed by atoms with Crippen LogP contribution >= 0.6 is 0 Å². The van der Waals surface area contributed by atoms with Gasteiger partial charge in [0.25, 0.3) is 5.69 Å². The van der Waals surface area contributed by atoms with Gasteiger partial charge in [-0.25, -0.2) is 0 Å². The van der Waals surface area contributed by atoms with Crippen LogP contribution < -0.4 is 5.32 Å². The van der Waals surface area contributed by atoms with Gasteiger partial charge in [0.2, 0.25) is 0 Å². The summed E-state index contributed by atoms with van der Waals surface area (Å²) in [4.78, 5) is 33.1. The number of benzene rings is 2. The van der Waals surface area contributed by atoms with Gasteiger partial charge in [0.05, 0.1) is 16.6 Å². The molecule has 0 bridgehead atoms. The second-order valence-corrected chi connectivity index (χ2v) is 5.99. The van der Waals surface area contributed by atoms with E-state index < -0.39 is 22.9 Å². The standard InChI is InChI=1S/C18H16N2O7/c21-16(22)6-3-7-19-17(18(23)24)12-8-11-10-4-1-2-5-14(10)27-15(11)9-13(12)20(25)26/h1-2,4-5,8-9,17,19H,3,6-7H2,(H,21,22)(H,23,24). The molecule has 0 aliphatic rings. The second kappa shape index (κ2) is 7.42. The van der Waals surface area contributed by atoms with E-state index in [1.54, 1.807) is 24.3 Å². The fraction of sp³-hybridized carbons (Fsp3) is 0.222. The first kappa shape index (κ1) is 18.3. The van der Waals surface area contributed by atoms with Gasteiger partial charge in [-0.1, -0.05) is 18.2 Å². The van der Waals surface area contributed by atoms with E-state index in [0.29, 0.717) is 16.6 Å². The number of fused-ring (bicyclic) bond motifs is 3. The molecule has 0 amide bonds. The molecule has 0 fully saturated rings. The Labute approximate surface area is 152 Å². The molecule has 0 saturated carbocycles. The van der Waals surface area contributed by atoms with Crippen molar-refractivity contribution in [2.45, 2.75) is 18.9 Å². The summed E-state index contributed by atoms with van der Waals surface area (Å²) < 4.78 is 5.63. The van der Waals surface area contributed by atoms with Gasteiger partial charge < -0.3 is 19.9 Å². The lowest BCUT2D eigenvalue weighted by Gasteiger charge is -2.15. The van der Waals surface area contributed by atoms with Gasteiger partial charge >= 0.3 is 11.9 Å². The number of carbonyl (C=O) groups is 2. The molecule has 1 unspecified atom stereocenters. The number of rotatable bonds is 8. The van der Waals surface area contributed by atoms with Gasteiger partial charge in [0.1, 0.15) is 17.2 Å². The van der Waals surface area contributed by atoms with Crippen molar-refractivity contribution in [1.82, 2.24) is 5.32 Å². The third kappa shape index (κ3) is 3.72. The zero-order chi connectivity index (χ0) is 19.6. The quantitative estimate of drug-likeness (QED) is 0.311. The van der Waals surface area contributed by atoms with Gasteiger partial charge in [-0.15, -0.1) is 0 Å². The van der Waals surface area contributed by atoms with Crippen molar-refractivity contribution in [2.24, 2.45) is 0 Å². The van der Waals surface area contributed by atoms with Crippen molar-refractivity contribution in [3.8, 4) is 0 Å². The van der Waals surface area contributed by atoms with E-state index in [0.717, 1.165) is 5.39 Å². The molecular formula is C18H16N2O7. The van der Waals surface area contributed by atoms with Crippen LogP contribution in [-0.4, -0.2) is 33.6 Å². The Bertz CT molecular complexity index is 1040. The van der Waals surface area contributed by atoms with E-state index in [1.165, 1.54) is 12.1 Å². The molecule has 2 aromatic carbocycles. The molecule has 140 valence electrons. The summed E-state index contributed by atoms with van der Waals surface area (Å²) in [5.41, 5.74) is 0.448. The first-order chi connectivity index (χ1) is 12.9. The van der Waals surface area contributed by atoms with E-state index in [9.17, 15) is 24.8 Å². The third-order valence-electron chi connectivity index (χ3n) is 4.20. The molecule has 9 heteroatoms. The maximum Gasteiger partial charge on any atom is 0.325 e. The molecule has 27 heavy (non-hydrogen) atoms. The molecule has 3 rings (SSSR count). The van der Waals surface area contributed by atoms with Crippen LogP contribution in [0.1, 0.15) is 24.4 Å². The third-order valence-corrected chi connectivity index (χ3v) is 4.20. The van der Waals surface area contributed by atoms with Crippen LogP contribution in [0.5, 0.6) is 0 Å². The fourth-order valence-corrected chi connectivity index (χ4v) is 2.98. The van der Waals surface area contributed by atoms with Gasteiger partial charge in [0, 0.05) is 17.2 Å². The lowest BCUT2D eigenvalue weighted by Crippen LogP contribution is -2.30. The molecule has 3 N–H and O–H groups in total. The topological polar surface area (TPSA) is 143 Å². The minimum Gasteiger partial charge on any atom is -0.481 e. The molecule has 0 aliphatic heterocycles. The van der Waals surface area contributed by atoms with Gasteiger partial charge in [-0.05, 0) is 25.1 Å². The highest BCUT2D eigenvalue weighted by Gasteiger charge is 2.29. The number of furan rings is 1. The van der Waals surface area contributed by atoms with Crippen LogP contribution in [0, 0.1) is 10.1 Å². The highest BCUT2D eigenvalue weighted by atomic mass is 16.6. The predicted molar refractivity (Wildman–Crippen MR) is 95.6 cm³/mol. The van der Waals surface area contributed by atoms with Gasteiger partial charge in [0.15, 0.2) is 0 Å². The van der Waals surface area contributed by atoms with E-state index in [2.05, 4.69) is 5.32 Å². The average Bonchev–Trinajstić information content (AvgIpc) is 2.97. The predicted octanol–water partition coefficient (Wildman–Crippen LogP) is 3.07. The van der Waals surface area contributed by atoms with Crippen molar-refractivity contribution in [2.75, 3.05) is 6.54 Å². The molecule has 0 saturated heterocycles. The van der Waals surface area contributed by atoms with Crippen LogP contribution in [0.15, 0.2) is 40.8 Å². The Balaban J connectivity index is 2.06. The minimum absolute atomic E-state index is 0.0121. The van der Waals surface area contributed by atoms with Crippen molar-refractivity contribution < 1.29 is 29.1 Å². The number of hydrogen-bond acceptors (Lipinski definition) is 6. The molecule has 1 heterocycles. The number of nitrogens with zero attached hydrogens (tertiary/aromatic N) is 1. The molecule has 1 atom stereocenters. The first-order valence-electron chi connectivity index (χ1n) is 8.16. The number of nitro benzene ring substituents is 1. The first-order valence-corrected chi connectivity index (χ1v) is 8.16. The van der Waals surface area contributed by atoms with Crippen LogP contribution in [0.2, 0.25) is 0 Å². The minimum atomic E-state index is -1.35. The summed E-state index contributed by atoms with van der Waals surface area (Å²) in [5, 5.41) is 33.7. The number of hydrogen-bond donors (Lipinski definition) is 3. The van der Waals surface area contributed by atoms with E-state index >= 15 is 0 Å². The van der Waals surface area contributed by atoms with Crippen LogP contribution in [0.3, 0.4) is 0 Å². The van der Waals surface area contributed by atoms with Crippen LogP contribution in [0.4, 0.5) is 5.69 Å². The maximum atomic E-state index is 11.7. The summed E-state index contributed by atoms with van der Waals surface area (Å²) >= 11 is 0. The number of nitro groups is 1. The Morgan fingerprint density at radius 1 is 1.15 bits per heavy atom. The fourth-order valence-electron chi connectivity index (χ4n) is 2.98. The van der Waals surface area contributed by atoms with Crippen LogP contribution in [0.25, 0.3) is 21.9 Å². The van der Waals surface area contributed by atoms with Gasteiger partial charge in [-0.2, -0.15) is 0 Å². The van der Waals surface area contributed by atoms with Crippen molar-refractivity contribution in [1.29, 1.82) is 0 Å². The van der Waals surface area contributed by atoms with E-state index in [1.807, 2.05) is 0 Å². The number of para-hydroxylation sites is 1. The summed E-state index contributed by atoms with van der Waals surface area (Å²) in [6.45, 7) is 0.0879. The Kier molecular flexibility index (Phi) is 5.04. The molecule has 1 aromatic heterocycles. The number of nitrogens with one attached hydrogen (secondary N) is 1. The molecule has 3 aromatic rings. The molecule has 0 radical (unpaired) electrons. The Morgan fingerprint density at radius 2 is 1.89 bits per heavy atom. The zero-order valence-corrected chi connectivity index (χ0v) is 14.0. The zero-order valence-electron chi connectivity index (χ0n) is 14.0. The summed E-state index contributed by atoms with van der Waals surface area (Å²) in [5.74, 6) is -2.29. The van der Waals surface area contributed by atoms with Crippen molar-refractivity contribution in [3.05, 3.63) is 52.1 Å².